The topological polar surface area (TPSA) is 20.2 Å². The summed E-state index contributed by atoms with van der Waals surface area (Å²) >= 11 is 0. The zero-order valence-electron chi connectivity index (χ0n) is 21.1. The molecule has 0 amide bonds. The van der Waals surface area contributed by atoms with Gasteiger partial charge in [0.05, 0.1) is 6.10 Å². The van der Waals surface area contributed by atoms with Gasteiger partial charge in [-0.25, -0.2) is 0 Å². The van der Waals surface area contributed by atoms with Gasteiger partial charge < -0.3 is 5.11 Å². The van der Waals surface area contributed by atoms with E-state index < -0.39 is 0 Å². The minimum absolute atomic E-state index is 0.0823. The molecule has 1 heteroatoms. The van der Waals surface area contributed by atoms with Crippen LogP contribution in [-0.2, 0) is 0 Å². The molecule has 1 N–H and O–H groups in total. The van der Waals surface area contributed by atoms with E-state index in [1.54, 1.807) is 5.57 Å². The smallest absolute Gasteiger partial charge is 0.0577 e. The lowest BCUT2D eigenvalue weighted by molar-refractivity contribution is -0.0608. The maximum absolute atomic E-state index is 10.3. The quantitative estimate of drug-likeness (QED) is 0.454. The van der Waals surface area contributed by atoms with E-state index in [2.05, 4.69) is 54.5 Å². The Morgan fingerprint density at radius 2 is 1.67 bits per heavy atom. The summed E-state index contributed by atoms with van der Waals surface area (Å²) in [5, 5.41) is 10.3. The number of allylic oxidation sites excluding steroid dienone is 1. The van der Waals surface area contributed by atoms with Gasteiger partial charge in [-0.2, -0.15) is 0 Å². The number of hydrogen-bond donors (Lipinski definition) is 1. The molecule has 10 atom stereocenters. The van der Waals surface area contributed by atoms with Crippen molar-refractivity contribution in [2.75, 3.05) is 0 Å². The maximum atomic E-state index is 10.3. The first-order valence-electron chi connectivity index (χ1n) is 13.5. The van der Waals surface area contributed by atoms with E-state index in [1.807, 2.05) is 0 Å². The summed E-state index contributed by atoms with van der Waals surface area (Å²) in [4.78, 5) is 0. The van der Waals surface area contributed by atoms with Crippen molar-refractivity contribution in [3.63, 3.8) is 0 Å². The van der Waals surface area contributed by atoms with Gasteiger partial charge in [0.15, 0.2) is 0 Å². The number of aliphatic hydroxyl groups excluding tert-OH is 1. The molecule has 4 aliphatic carbocycles. The fourth-order valence-electron chi connectivity index (χ4n) is 9.02. The van der Waals surface area contributed by atoms with E-state index in [0.29, 0.717) is 10.8 Å². The van der Waals surface area contributed by atoms with Crippen molar-refractivity contribution < 1.29 is 5.11 Å². The SMILES string of the molecule is CC(C)C(C)CC(C)[C@@H](C)[C@H]1CC[C@H]2[C@@H]3CC=C4CC(O)CC[C@]4(C)[C@H]3CC[C@]12C. The summed E-state index contributed by atoms with van der Waals surface area (Å²) in [6, 6.07) is 0. The third-order valence-corrected chi connectivity index (χ3v) is 11.6. The van der Waals surface area contributed by atoms with Crippen LogP contribution in [0.2, 0.25) is 0 Å². The molecule has 0 heterocycles. The highest BCUT2D eigenvalue weighted by atomic mass is 16.3. The van der Waals surface area contributed by atoms with E-state index in [9.17, 15) is 5.11 Å². The van der Waals surface area contributed by atoms with Gasteiger partial charge in [0.2, 0.25) is 0 Å². The molecule has 0 bridgehead atoms. The van der Waals surface area contributed by atoms with Crippen LogP contribution in [0.25, 0.3) is 0 Å². The highest BCUT2D eigenvalue weighted by molar-refractivity contribution is 5.25. The maximum Gasteiger partial charge on any atom is 0.0577 e. The van der Waals surface area contributed by atoms with Crippen LogP contribution in [0, 0.1) is 58.2 Å². The molecule has 0 radical (unpaired) electrons. The minimum Gasteiger partial charge on any atom is -0.393 e. The molecule has 0 spiro atoms. The molecule has 0 aliphatic heterocycles. The summed E-state index contributed by atoms with van der Waals surface area (Å²) < 4.78 is 0. The Balaban J connectivity index is 1.51. The van der Waals surface area contributed by atoms with Crippen molar-refractivity contribution >= 4 is 0 Å². The molecule has 0 aromatic carbocycles. The van der Waals surface area contributed by atoms with Crippen LogP contribution in [-0.4, -0.2) is 11.2 Å². The lowest BCUT2D eigenvalue weighted by Gasteiger charge is -2.58. The molecule has 4 aliphatic rings. The fourth-order valence-corrected chi connectivity index (χ4v) is 9.02. The Hall–Kier alpha value is -0.300. The van der Waals surface area contributed by atoms with E-state index in [4.69, 9.17) is 0 Å². The normalized spacial score (nSPS) is 46.4. The van der Waals surface area contributed by atoms with Crippen LogP contribution in [0.3, 0.4) is 0 Å². The summed E-state index contributed by atoms with van der Waals surface area (Å²) in [5.41, 5.74) is 2.56. The Morgan fingerprint density at radius 3 is 2.37 bits per heavy atom. The van der Waals surface area contributed by atoms with Crippen molar-refractivity contribution in [2.45, 2.75) is 112 Å². The van der Waals surface area contributed by atoms with E-state index in [0.717, 1.165) is 60.2 Å². The molecule has 3 unspecified atom stereocenters. The van der Waals surface area contributed by atoms with Gasteiger partial charge in [-0.05, 0) is 116 Å². The van der Waals surface area contributed by atoms with Crippen molar-refractivity contribution in [3.05, 3.63) is 11.6 Å². The van der Waals surface area contributed by atoms with Crippen LogP contribution < -0.4 is 0 Å². The van der Waals surface area contributed by atoms with Gasteiger partial charge in [-0.3, -0.25) is 0 Å². The van der Waals surface area contributed by atoms with E-state index >= 15 is 0 Å². The molecule has 0 saturated heterocycles. The third-order valence-electron chi connectivity index (χ3n) is 11.6. The molecule has 0 aromatic rings. The number of rotatable bonds is 5. The lowest BCUT2D eigenvalue weighted by atomic mass is 9.46. The Kier molecular flexibility index (Phi) is 6.28. The van der Waals surface area contributed by atoms with Gasteiger partial charge in [-0.15, -0.1) is 0 Å². The van der Waals surface area contributed by atoms with Crippen molar-refractivity contribution in [2.24, 2.45) is 58.2 Å². The molecule has 3 fully saturated rings. The van der Waals surface area contributed by atoms with Crippen LogP contribution in [0.1, 0.15) is 106 Å². The molecular formula is C29H50O. The van der Waals surface area contributed by atoms with Crippen molar-refractivity contribution in [1.82, 2.24) is 0 Å². The summed E-state index contributed by atoms with van der Waals surface area (Å²) in [6.45, 7) is 17.7. The Labute approximate surface area is 187 Å². The van der Waals surface area contributed by atoms with Gasteiger partial charge in [0, 0.05) is 0 Å². The summed E-state index contributed by atoms with van der Waals surface area (Å²) in [6.07, 6.45) is 14.2. The van der Waals surface area contributed by atoms with Crippen LogP contribution in [0.15, 0.2) is 11.6 Å². The third kappa shape index (κ3) is 3.64. The zero-order chi connectivity index (χ0) is 21.8. The highest BCUT2D eigenvalue weighted by Crippen LogP contribution is 2.67. The largest absolute Gasteiger partial charge is 0.393 e. The highest BCUT2D eigenvalue weighted by Gasteiger charge is 2.59. The second-order valence-corrected chi connectivity index (χ2v) is 13.2. The van der Waals surface area contributed by atoms with Crippen LogP contribution >= 0.6 is 0 Å². The number of aliphatic hydroxyl groups is 1. The predicted molar refractivity (Wildman–Crippen MR) is 128 cm³/mol. The predicted octanol–water partition coefficient (Wildman–Crippen LogP) is 7.88. The molecular weight excluding hydrogens is 364 g/mol. The molecule has 3 saturated carbocycles. The first-order chi connectivity index (χ1) is 14.1. The van der Waals surface area contributed by atoms with Crippen molar-refractivity contribution in [3.8, 4) is 0 Å². The second-order valence-electron chi connectivity index (χ2n) is 13.2. The average molecular weight is 415 g/mol. The standard InChI is InChI=1S/C29H50O/c1-18(2)19(3)16-20(4)21(5)25-10-11-26-24-9-8-22-17-23(30)12-14-28(22,6)27(24)13-15-29(25,26)7/h8,18-21,23-27,30H,9-17H2,1-7H3/t19?,20?,21-,23?,24+,25-,26+,27+,28+,29-/m1/s1. The molecule has 172 valence electrons. The molecule has 30 heavy (non-hydrogen) atoms. The van der Waals surface area contributed by atoms with Gasteiger partial charge in [0.1, 0.15) is 0 Å². The summed E-state index contributed by atoms with van der Waals surface area (Å²) in [5.74, 6) is 6.96. The Bertz CT molecular complexity index is 649. The van der Waals surface area contributed by atoms with Gasteiger partial charge >= 0.3 is 0 Å². The first kappa shape index (κ1) is 22.9. The Morgan fingerprint density at radius 1 is 0.933 bits per heavy atom. The monoisotopic (exact) mass is 414 g/mol. The average Bonchev–Trinajstić information content (AvgIpc) is 3.04. The number of hydrogen-bond acceptors (Lipinski definition) is 1. The van der Waals surface area contributed by atoms with Gasteiger partial charge in [-0.1, -0.05) is 60.1 Å². The van der Waals surface area contributed by atoms with Crippen LogP contribution in [0.4, 0.5) is 0 Å². The van der Waals surface area contributed by atoms with Crippen LogP contribution in [0.5, 0.6) is 0 Å². The lowest BCUT2D eigenvalue weighted by Crippen LogP contribution is -2.51. The molecule has 4 rings (SSSR count). The minimum atomic E-state index is -0.0823. The number of fused-ring (bicyclic) bond motifs is 5. The van der Waals surface area contributed by atoms with E-state index in [1.165, 1.54) is 44.9 Å². The first-order valence-corrected chi connectivity index (χ1v) is 13.5. The van der Waals surface area contributed by atoms with E-state index in [-0.39, 0.29) is 6.10 Å². The fraction of sp³-hybridized carbons (Fsp3) is 0.931. The van der Waals surface area contributed by atoms with Crippen molar-refractivity contribution in [1.29, 1.82) is 0 Å². The van der Waals surface area contributed by atoms with Gasteiger partial charge in [0.25, 0.3) is 0 Å². The second kappa shape index (κ2) is 8.24. The molecule has 0 aromatic heterocycles. The zero-order valence-corrected chi connectivity index (χ0v) is 21.1. The summed E-state index contributed by atoms with van der Waals surface area (Å²) in [7, 11) is 0. The molecule has 1 nitrogen and oxygen atoms in total.